The molecule has 97 heavy (non-hydrogen) atoms. The van der Waals surface area contributed by atoms with Crippen LogP contribution in [0.5, 0.6) is 11.5 Å². The summed E-state index contributed by atoms with van der Waals surface area (Å²) in [5.41, 5.74) is 6.23. The van der Waals surface area contributed by atoms with Crippen LogP contribution in [0.3, 0.4) is 0 Å². The molecule has 7 heteroatoms. The normalized spacial score (nSPS) is 17.3. The summed E-state index contributed by atoms with van der Waals surface area (Å²) in [6, 6.07) is 36.6. The standard InChI is InChI=1S/C90H80N4OSi.Pt/c1-58-28-26-29-59(2)84(58)77-49-61(88(6,7)8)48-75-74-56-79-78(89(9,10)45-46-90(79,11)12)55-73(74)69-38-22-23-39-70(69)76-53-68(96(65-32-16-13-17-33-65,66-34-18-14-19-35-66)67-36-20-15-21-37-67)54-82-86(76)93(85(75)77)57-92(82)62-30-27-31-63(51-62)95-64-42-43-72-71-40-24-25-41-80(71)94(81(72)52-64)83-50-60(44-47-91-83)87(3,4)5;/h13-44,47-50,53-56H,45-46H2,1-12H3;/q-2;/i1D3,2D3,13D,14D,15D,16D,17D,18D,19D,20D,21D,32D,33D,34D,35D,36D,37D;. The number of hydrogen-bond acceptors (Lipinski definition) is 2. The van der Waals surface area contributed by atoms with Crippen LogP contribution in [0, 0.1) is 32.2 Å². The van der Waals surface area contributed by atoms with Gasteiger partial charge in [-0.15, -0.1) is 29.7 Å². The van der Waals surface area contributed by atoms with Gasteiger partial charge in [0, 0.05) is 52.5 Å². The molecule has 16 rings (SSSR count). The zero-order chi connectivity index (χ0) is 84.3. The largest absolute Gasteiger partial charge is 0.510 e. The van der Waals surface area contributed by atoms with Gasteiger partial charge >= 0.3 is 0 Å². The minimum absolute atomic E-state index is 0. The molecule has 0 amide bonds. The Morgan fingerprint density at radius 1 is 0.515 bits per heavy atom. The van der Waals surface area contributed by atoms with Gasteiger partial charge in [0.15, 0.2) is 8.07 Å². The first kappa shape index (κ1) is 43.7. The maximum atomic E-state index is 10.3. The number of aryl methyl sites for hydroxylation is 2. The van der Waals surface area contributed by atoms with Gasteiger partial charge in [-0.25, -0.2) is 4.98 Å². The third-order valence-corrected chi connectivity index (χ3v) is 23.9. The Balaban J connectivity index is 0.0000109. The maximum absolute atomic E-state index is 10.3. The second kappa shape index (κ2) is 23.7. The van der Waals surface area contributed by atoms with Crippen molar-refractivity contribution in [3.05, 3.63) is 294 Å². The summed E-state index contributed by atoms with van der Waals surface area (Å²) < 4.78 is 215. The third kappa shape index (κ3) is 10.5. The molecular formula is C90H80N4OPtSi-2. The number of rotatable bonds is 9. The van der Waals surface area contributed by atoms with E-state index in [4.69, 9.17) is 13.8 Å². The Bertz CT molecular complexity index is 6360. The van der Waals surface area contributed by atoms with Gasteiger partial charge in [-0.1, -0.05) is 256 Å². The van der Waals surface area contributed by atoms with E-state index >= 15 is 0 Å². The van der Waals surface area contributed by atoms with Crippen LogP contribution in [0.1, 0.15) is 144 Å². The molecule has 0 fully saturated rings. The second-order valence-corrected chi connectivity index (χ2v) is 32.2. The minimum atomic E-state index is -6.03. The van der Waals surface area contributed by atoms with Crippen LogP contribution in [0.15, 0.2) is 242 Å². The molecule has 482 valence electrons. The van der Waals surface area contributed by atoms with Crippen molar-refractivity contribution >= 4 is 61.7 Å². The van der Waals surface area contributed by atoms with Gasteiger partial charge in [-0.3, -0.25) is 4.57 Å². The van der Waals surface area contributed by atoms with Crippen LogP contribution in [-0.4, -0.2) is 22.2 Å². The van der Waals surface area contributed by atoms with Crippen molar-refractivity contribution in [2.45, 2.75) is 117 Å². The summed E-state index contributed by atoms with van der Waals surface area (Å²) in [6.07, 6.45) is 7.07. The molecular weight excluding hydrogens is 1380 g/mol. The molecule has 2 aliphatic rings. The minimum Gasteiger partial charge on any atom is -0.510 e. The van der Waals surface area contributed by atoms with Gasteiger partial charge in [0.2, 0.25) is 0 Å². The number of ether oxygens (including phenoxy) is 1. The molecule has 0 atom stereocenters. The Kier molecular flexibility index (Phi) is 10.7. The Hall–Kier alpha value is -9.45. The summed E-state index contributed by atoms with van der Waals surface area (Å²) in [7, 11) is -6.03. The van der Waals surface area contributed by atoms with E-state index in [-0.39, 0.29) is 93.4 Å². The SMILES string of the molecule is [2H]c1c([2H])c([2H])c([Si](c2cc3c4c(c2)n(-c2[c-]c(Oc5[c-]c6c(cc5)c5ccccc5n6-c5cc(C(C)(C)C)ccn5)ccc2)[c-][n+]4-c2c(cc(C(C)(C)C)cc2-c2c(C([2H])([2H])[2H])cccc2C([2H])([2H])[2H])-c2cc4c(cc2-c2ccccc2-3)C(C)(C)CCC4(C)C)(c2c([2H])c([2H])c([2H])c([2H])c2[2H])c2c([2H])c([2H])c([2H])c([2H])c2[2H])c([2H])c1[2H].[Pt]. The molecule has 0 unspecified atom stereocenters. The predicted molar refractivity (Wildman–Crippen MR) is 401 cm³/mol. The summed E-state index contributed by atoms with van der Waals surface area (Å²) in [6.45, 7) is 15.2. The molecule has 11 aromatic carbocycles. The van der Waals surface area contributed by atoms with E-state index in [1.54, 1.807) is 51.7 Å². The van der Waals surface area contributed by atoms with Crippen molar-refractivity contribution < 1.29 is 59.2 Å². The summed E-state index contributed by atoms with van der Waals surface area (Å²) in [5, 5.41) is -0.615. The molecule has 0 bridgehead atoms. The van der Waals surface area contributed by atoms with Crippen molar-refractivity contribution in [3.8, 4) is 73.2 Å². The number of para-hydroxylation sites is 1. The quantitative estimate of drug-likeness (QED) is 0.0625. The first-order chi connectivity index (χ1) is 54.8. The maximum Gasteiger partial charge on any atom is 0.268 e. The zero-order valence-electron chi connectivity index (χ0n) is 76.4. The first-order valence-electron chi connectivity index (χ1n) is 42.8. The third-order valence-electron chi connectivity index (χ3n) is 19.7. The van der Waals surface area contributed by atoms with Crippen LogP contribution in [-0.2, 0) is 42.7 Å². The van der Waals surface area contributed by atoms with Crippen molar-refractivity contribution in [2.75, 3.05) is 0 Å². The van der Waals surface area contributed by atoms with Crippen LogP contribution in [0.2, 0.25) is 0 Å². The van der Waals surface area contributed by atoms with Crippen LogP contribution in [0.4, 0.5) is 0 Å². The number of imidazole rings is 1. The molecule has 0 radical (unpaired) electrons. The van der Waals surface area contributed by atoms with Gasteiger partial charge in [0.05, 0.1) is 37.3 Å². The van der Waals surface area contributed by atoms with Gasteiger partial charge in [0.1, 0.15) is 5.82 Å². The fourth-order valence-electron chi connectivity index (χ4n) is 14.6. The topological polar surface area (TPSA) is 35.9 Å². The molecule has 1 aliphatic carbocycles. The number of benzene rings is 11. The average Bonchev–Trinajstić information content (AvgIpc) is 1.11. The number of pyridine rings is 1. The fourth-order valence-corrected chi connectivity index (χ4v) is 18.4. The van der Waals surface area contributed by atoms with Crippen molar-refractivity contribution in [1.82, 2.24) is 14.1 Å². The monoisotopic (exact) mass is 1480 g/mol. The summed E-state index contributed by atoms with van der Waals surface area (Å²) in [4.78, 5) is 4.89. The van der Waals surface area contributed by atoms with Gasteiger partial charge in [-0.05, 0) is 182 Å². The molecule has 3 aromatic heterocycles. The summed E-state index contributed by atoms with van der Waals surface area (Å²) >= 11 is 0. The van der Waals surface area contributed by atoms with Crippen LogP contribution < -0.4 is 30.1 Å². The summed E-state index contributed by atoms with van der Waals surface area (Å²) in [5.74, 6) is 0.999. The Morgan fingerprint density at radius 2 is 1.08 bits per heavy atom. The Labute approximate surface area is 616 Å². The van der Waals surface area contributed by atoms with Crippen LogP contribution >= 0.6 is 0 Å². The molecule has 4 heterocycles. The van der Waals surface area contributed by atoms with Gasteiger partial charge < -0.3 is 13.9 Å². The Morgan fingerprint density at radius 3 is 1.70 bits per heavy atom. The predicted octanol–water partition coefficient (Wildman–Crippen LogP) is 19.5. The number of hydrogen-bond donors (Lipinski definition) is 0. The fraction of sp³-hybridized carbons (Fsp3) is 0.200. The van der Waals surface area contributed by atoms with E-state index in [1.807, 2.05) is 92.1 Å². The van der Waals surface area contributed by atoms with Crippen molar-refractivity contribution in [3.63, 3.8) is 0 Å². The molecule has 0 saturated heterocycles. The van der Waals surface area contributed by atoms with E-state index in [0.29, 0.717) is 44.7 Å². The molecule has 0 spiro atoms. The molecule has 14 aromatic rings. The van der Waals surface area contributed by atoms with Crippen molar-refractivity contribution in [2.24, 2.45) is 0 Å². The second-order valence-electron chi connectivity index (χ2n) is 28.7. The van der Waals surface area contributed by atoms with E-state index in [9.17, 15) is 24.7 Å². The first-order valence-corrected chi connectivity index (χ1v) is 34.3. The van der Waals surface area contributed by atoms with Gasteiger partial charge in [-0.2, -0.15) is 18.2 Å². The zero-order valence-corrected chi connectivity index (χ0v) is 58.6. The average molecular weight is 1480 g/mol. The van der Waals surface area contributed by atoms with Gasteiger partial charge in [0.25, 0.3) is 6.33 Å². The molecule has 0 N–H and O–H groups in total. The van der Waals surface area contributed by atoms with E-state index in [2.05, 4.69) is 85.1 Å². The van der Waals surface area contributed by atoms with E-state index in [1.165, 1.54) is 24.3 Å². The number of fused-ring (bicyclic) bond motifs is 11. The smallest absolute Gasteiger partial charge is 0.268 e. The number of nitrogens with zero attached hydrogens (tertiary/aromatic N) is 4. The molecule has 0 saturated carbocycles. The number of aromatic nitrogens is 4. The van der Waals surface area contributed by atoms with E-state index in [0.717, 1.165) is 45.8 Å². The molecule has 1 aliphatic heterocycles. The van der Waals surface area contributed by atoms with Crippen molar-refractivity contribution in [1.29, 1.82) is 0 Å². The van der Waals surface area contributed by atoms with E-state index < -0.39 is 144 Å². The van der Waals surface area contributed by atoms with Crippen LogP contribution in [0.25, 0.3) is 94.5 Å². The molecule has 5 nitrogen and oxygen atoms in total.